The molecule has 0 bridgehead atoms. The highest BCUT2D eigenvalue weighted by molar-refractivity contribution is 5.82. The molecule has 1 saturated carbocycles. The molecule has 24 heavy (non-hydrogen) atoms. The fourth-order valence-corrected chi connectivity index (χ4v) is 5.27. The van der Waals surface area contributed by atoms with Gasteiger partial charge in [0, 0.05) is 32.2 Å². The fourth-order valence-electron chi connectivity index (χ4n) is 5.27. The van der Waals surface area contributed by atoms with E-state index in [9.17, 15) is 0 Å². The van der Waals surface area contributed by atoms with Gasteiger partial charge < -0.3 is 18.9 Å². The minimum atomic E-state index is -0.253. The Balaban J connectivity index is 1.63. The van der Waals surface area contributed by atoms with Gasteiger partial charge in [0.15, 0.2) is 0 Å². The van der Waals surface area contributed by atoms with Crippen LogP contribution in [0.3, 0.4) is 0 Å². The van der Waals surface area contributed by atoms with Crippen molar-refractivity contribution in [1.29, 1.82) is 0 Å². The molecule has 4 heteroatoms. The summed E-state index contributed by atoms with van der Waals surface area (Å²) < 4.78 is 23.6. The number of methoxy groups -OCH3 is 2. The van der Waals surface area contributed by atoms with E-state index >= 15 is 0 Å². The Morgan fingerprint density at radius 3 is 2.67 bits per heavy atom. The summed E-state index contributed by atoms with van der Waals surface area (Å²) in [5, 5.41) is 0. The van der Waals surface area contributed by atoms with Crippen LogP contribution in [0.25, 0.3) is 5.57 Å². The number of fused-ring (bicyclic) bond motifs is 2. The van der Waals surface area contributed by atoms with E-state index in [1.54, 1.807) is 7.11 Å². The normalized spacial score (nSPS) is 39.5. The molecule has 2 aliphatic heterocycles. The molecule has 0 unspecified atom stereocenters. The Bertz CT molecular complexity index is 712. The SMILES string of the molecule is COc1cc(C2=C([C@@]3(OC)[C@@H]4CCO[C@@H]43)[C@H]3OCC[C@@H]23)ccc1C. The summed E-state index contributed by atoms with van der Waals surface area (Å²) in [6.45, 7) is 3.77. The van der Waals surface area contributed by atoms with Gasteiger partial charge in [-0.1, -0.05) is 12.1 Å². The number of hydrogen-bond acceptors (Lipinski definition) is 4. The van der Waals surface area contributed by atoms with Crippen molar-refractivity contribution in [2.24, 2.45) is 11.8 Å². The van der Waals surface area contributed by atoms with Crippen molar-refractivity contribution < 1.29 is 18.9 Å². The smallest absolute Gasteiger partial charge is 0.124 e. The van der Waals surface area contributed by atoms with Crippen molar-refractivity contribution in [1.82, 2.24) is 0 Å². The second-order valence-electron chi connectivity index (χ2n) is 7.38. The number of aryl methyl sites for hydroxylation is 1. The zero-order chi connectivity index (χ0) is 16.5. The largest absolute Gasteiger partial charge is 0.496 e. The van der Waals surface area contributed by atoms with Crippen LogP contribution in [-0.4, -0.2) is 45.2 Å². The minimum Gasteiger partial charge on any atom is -0.496 e. The summed E-state index contributed by atoms with van der Waals surface area (Å²) in [4.78, 5) is 0. The topological polar surface area (TPSA) is 36.9 Å². The second-order valence-corrected chi connectivity index (χ2v) is 7.38. The van der Waals surface area contributed by atoms with E-state index in [4.69, 9.17) is 18.9 Å². The molecule has 0 spiro atoms. The van der Waals surface area contributed by atoms with Crippen LogP contribution >= 0.6 is 0 Å². The molecule has 0 radical (unpaired) electrons. The monoisotopic (exact) mass is 328 g/mol. The molecule has 2 aliphatic carbocycles. The molecule has 1 aromatic rings. The molecule has 2 heterocycles. The first-order valence-corrected chi connectivity index (χ1v) is 8.90. The lowest BCUT2D eigenvalue weighted by Crippen LogP contribution is -2.43. The molecular formula is C20H24O4. The average Bonchev–Trinajstić information content (AvgIpc) is 2.96. The van der Waals surface area contributed by atoms with Crippen molar-refractivity contribution in [2.45, 2.75) is 37.6 Å². The molecule has 0 N–H and O–H groups in total. The highest BCUT2D eigenvalue weighted by Gasteiger charge is 2.75. The maximum atomic E-state index is 6.07. The van der Waals surface area contributed by atoms with E-state index in [1.165, 1.54) is 16.7 Å². The predicted octanol–water partition coefficient (Wildman–Crippen LogP) is 2.98. The maximum absolute atomic E-state index is 6.07. The van der Waals surface area contributed by atoms with Crippen LogP contribution in [-0.2, 0) is 14.2 Å². The van der Waals surface area contributed by atoms with Crippen molar-refractivity contribution in [2.75, 3.05) is 27.4 Å². The van der Waals surface area contributed by atoms with Crippen molar-refractivity contribution in [3.05, 3.63) is 34.9 Å². The molecule has 5 rings (SSSR count). The molecule has 5 atom stereocenters. The van der Waals surface area contributed by atoms with Gasteiger partial charge in [-0.3, -0.25) is 0 Å². The van der Waals surface area contributed by atoms with Crippen LogP contribution in [0.2, 0.25) is 0 Å². The Morgan fingerprint density at radius 2 is 1.96 bits per heavy atom. The summed E-state index contributed by atoms with van der Waals surface area (Å²) in [5.41, 5.74) is 4.91. The average molecular weight is 328 g/mol. The highest BCUT2D eigenvalue weighted by atomic mass is 16.6. The maximum Gasteiger partial charge on any atom is 0.124 e. The molecule has 0 aromatic heterocycles. The molecule has 4 nitrogen and oxygen atoms in total. The van der Waals surface area contributed by atoms with E-state index in [0.29, 0.717) is 11.8 Å². The molecule has 3 fully saturated rings. The summed E-state index contributed by atoms with van der Waals surface area (Å²) in [5.74, 6) is 1.92. The molecule has 0 amide bonds. The first-order valence-electron chi connectivity index (χ1n) is 8.90. The Labute approximate surface area is 142 Å². The van der Waals surface area contributed by atoms with Crippen LogP contribution < -0.4 is 4.74 Å². The standard InChI is InChI=1S/C20H24O4/c1-11-4-5-12(10-15(11)21-2)16-13-6-8-23-18(13)17(16)20(22-3)14-7-9-24-19(14)20/h4-5,10,13-14,18-19H,6-9H2,1-3H3/t13-,14+,18-,19-,20-/m0/s1. The summed E-state index contributed by atoms with van der Waals surface area (Å²) in [7, 11) is 3.56. The zero-order valence-corrected chi connectivity index (χ0v) is 14.5. The van der Waals surface area contributed by atoms with E-state index < -0.39 is 0 Å². The first-order chi connectivity index (χ1) is 11.7. The van der Waals surface area contributed by atoms with Crippen LogP contribution in [0, 0.1) is 18.8 Å². The van der Waals surface area contributed by atoms with Gasteiger partial charge in [0.25, 0.3) is 0 Å². The lowest BCUT2D eigenvalue weighted by molar-refractivity contribution is -0.00952. The van der Waals surface area contributed by atoms with E-state index in [1.807, 2.05) is 7.11 Å². The quantitative estimate of drug-likeness (QED) is 0.851. The van der Waals surface area contributed by atoms with E-state index in [0.717, 1.165) is 37.4 Å². The van der Waals surface area contributed by atoms with Crippen molar-refractivity contribution in [3.63, 3.8) is 0 Å². The van der Waals surface area contributed by atoms with Gasteiger partial charge in [-0.15, -0.1) is 0 Å². The van der Waals surface area contributed by atoms with Crippen LogP contribution in [0.5, 0.6) is 5.75 Å². The van der Waals surface area contributed by atoms with Crippen LogP contribution in [0.4, 0.5) is 0 Å². The van der Waals surface area contributed by atoms with E-state index in [-0.39, 0.29) is 17.8 Å². The van der Waals surface area contributed by atoms with Gasteiger partial charge in [-0.2, -0.15) is 0 Å². The summed E-state index contributed by atoms with van der Waals surface area (Å²) in [6, 6.07) is 6.53. The minimum absolute atomic E-state index is 0.210. The molecule has 128 valence electrons. The van der Waals surface area contributed by atoms with Gasteiger partial charge in [-0.25, -0.2) is 0 Å². The van der Waals surface area contributed by atoms with Crippen molar-refractivity contribution in [3.8, 4) is 5.75 Å². The zero-order valence-electron chi connectivity index (χ0n) is 14.5. The lowest BCUT2D eigenvalue weighted by atomic mass is 9.68. The molecular weight excluding hydrogens is 304 g/mol. The van der Waals surface area contributed by atoms with Crippen molar-refractivity contribution >= 4 is 5.57 Å². The van der Waals surface area contributed by atoms with Gasteiger partial charge in [0.1, 0.15) is 11.4 Å². The first kappa shape index (κ1) is 14.9. The summed E-state index contributed by atoms with van der Waals surface area (Å²) >= 11 is 0. The predicted molar refractivity (Wildman–Crippen MR) is 90.1 cm³/mol. The third-order valence-corrected chi connectivity index (χ3v) is 6.47. The van der Waals surface area contributed by atoms with Gasteiger partial charge >= 0.3 is 0 Å². The molecule has 2 saturated heterocycles. The van der Waals surface area contributed by atoms with Crippen LogP contribution in [0.15, 0.2) is 23.8 Å². The third-order valence-electron chi connectivity index (χ3n) is 6.47. The fraction of sp³-hybridized carbons (Fsp3) is 0.600. The van der Waals surface area contributed by atoms with Gasteiger partial charge in [-0.05, 0) is 48.1 Å². The summed E-state index contributed by atoms with van der Waals surface area (Å²) in [6.07, 6.45) is 2.60. The number of hydrogen-bond donors (Lipinski definition) is 0. The molecule has 1 aromatic carbocycles. The Kier molecular flexibility index (Phi) is 3.16. The Morgan fingerprint density at radius 1 is 1.12 bits per heavy atom. The number of ether oxygens (including phenoxy) is 4. The third kappa shape index (κ3) is 1.69. The van der Waals surface area contributed by atoms with Gasteiger partial charge in [0.05, 0.1) is 19.3 Å². The van der Waals surface area contributed by atoms with Crippen LogP contribution in [0.1, 0.15) is 24.0 Å². The number of benzene rings is 1. The van der Waals surface area contributed by atoms with Gasteiger partial charge in [0.2, 0.25) is 0 Å². The molecule has 4 aliphatic rings. The highest BCUT2D eigenvalue weighted by Crippen LogP contribution is 2.66. The Hall–Kier alpha value is -1.36. The number of rotatable bonds is 4. The second kappa shape index (κ2) is 5.07. The lowest BCUT2D eigenvalue weighted by Gasteiger charge is -2.42. The van der Waals surface area contributed by atoms with E-state index in [2.05, 4.69) is 25.1 Å².